The second kappa shape index (κ2) is 25.1. The molecule has 0 aliphatic carbocycles. The summed E-state index contributed by atoms with van der Waals surface area (Å²) >= 11 is 0. The van der Waals surface area contributed by atoms with Gasteiger partial charge in [0.25, 0.3) is 0 Å². The Balaban J connectivity index is 1.93. The van der Waals surface area contributed by atoms with E-state index in [2.05, 4.69) is 0 Å². The third-order valence-electron chi connectivity index (χ3n) is 9.13. The summed E-state index contributed by atoms with van der Waals surface area (Å²) in [7, 11) is 0. The maximum atomic E-state index is 12.6. The van der Waals surface area contributed by atoms with Crippen molar-refractivity contribution in [1.29, 1.82) is 0 Å². The molecule has 2 unspecified atom stereocenters. The number of ether oxygens (including phenoxy) is 6. The van der Waals surface area contributed by atoms with E-state index >= 15 is 0 Å². The lowest BCUT2D eigenvalue weighted by atomic mass is 9.96. The zero-order valence-corrected chi connectivity index (χ0v) is 30.4. The molecule has 2 aliphatic heterocycles. The number of carboxylic acids is 1. The molecule has 0 aromatic heterocycles. The molecule has 12 atom stereocenters. The number of carbonyl (C=O) groups is 3. The van der Waals surface area contributed by atoms with E-state index in [4.69, 9.17) is 33.5 Å². The summed E-state index contributed by atoms with van der Waals surface area (Å²) in [5, 5.41) is 82.2. The van der Waals surface area contributed by atoms with Crippen LogP contribution in [0.25, 0.3) is 0 Å². The van der Waals surface area contributed by atoms with E-state index in [1.54, 1.807) is 0 Å². The smallest absolute Gasteiger partial charge is 0.308 e. The van der Waals surface area contributed by atoms with Gasteiger partial charge in [-0.15, -0.1) is 0 Å². The number of hydrogen-bond donors (Lipinski definition) is 8. The van der Waals surface area contributed by atoms with Crippen LogP contribution in [0.1, 0.15) is 110 Å². The molecule has 2 rings (SSSR count). The Morgan fingerprint density at radius 2 is 1.29 bits per heavy atom. The highest BCUT2D eigenvalue weighted by Gasteiger charge is 2.52. The van der Waals surface area contributed by atoms with Crippen molar-refractivity contribution in [2.24, 2.45) is 0 Å². The number of esters is 2. The Labute approximate surface area is 305 Å². The highest BCUT2D eigenvalue weighted by atomic mass is 16.8. The maximum Gasteiger partial charge on any atom is 0.308 e. The molecule has 2 saturated heterocycles. The minimum Gasteiger partial charge on any atom is -0.481 e. The summed E-state index contributed by atoms with van der Waals surface area (Å²) in [4.78, 5) is 34.8. The molecule has 0 radical (unpaired) electrons. The summed E-state index contributed by atoms with van der Waals surface area (Å²) in [6.45, 7) is 1.44. The van der Waals surface area contributed by atoms with Gasteiger partial charge in [-0.3, -0.25) is 14.4 Å². The van der Waals surface area contributed by atoms with E-state index in [1.165, 1.54) is 0 Å². The summed E-state index contributed by atoms with van der Waals surface area (Å²) in [5.74, 6) is -2.40. The summed E-state index contributed by atoms with van der Waals surface area (Å²) in [6.07, 6.45) is -7.40. The molecule has 0 aromatic carbocycles. The molecule has 0 saturated carbocycles. The van der Waals surface area contributed by atoms with Gasteiger partial charge in [-0.05, 0) is 19.3 Å². The van der Waals surface area contributed by atoms with Crippen molar-refractivity contribution in [2.75, 3.05) is 19.8 Å². The fraction of sp³-hybridized carbons (Fsp3) is 0.914. The first kappa shape index (κ1) is 46.1. The van der Waals surface area contributed by atoms with E-state index < -0.39 is 111 Å². The highest BCUT2D eigenvalue weighted by Crippen LogP contribution is 2.31. The largest absolute Gasteiger partial charge is 0.481 e. The van der Waals surface area contributed by atoms with Gasteiger partial charge < -0.3 is 69.3 Å². The Bertz CT molecular complexity index is 1020. The van der Waals surface area contributed by atoms with Gasteiger partial charge in [0.1, 0.15) is 49.3 Å². The van der Waals surface area contributed by atoms with Crippen molar-refractivity contribution in [1.82, 2.24) is 0 Å². The van der Waals surface area contributed by atoms with Crippen LogP contribution in [0.4, 0.5) is 0 Å². The average Bonchev–Trinajstić information content (AvgIpc) is 3.09. The fourth-order valence-corrected chi connectivity index (χ4v) is 6.18. The minimum absolute atomic E-state index is 0.219. The van der Waals surface area contributed by atoms with Crippen molar-refractivity contribution in [3.8, 4) is 0 Å². The molecule has 0 aromatic rings. The van der Waals surface area contributed by atoms with Crippen molar-refractivity contribution in [2.45, 2.75) is 184 Å². The number of aliphatic carboxylic acids is 1. The van der Waals surface area contributed by atoms with Gasteiger partial charge >= 0.3 is 17.9 Å². The van der Waals surface area contributed by atoms with E-state index in [1.807, 2.05) is 6.92 Å². The zero-order chi connectivity index (χ0) is 38.6. The lowest BCUT2D eigenvalue weighted by Crippen LogP contribution is -2.65. The second-order valence-electron chi connectivity index (χ2n) is 13.7. The molecule has 2 heterocycles. The van der Waals surface area contributed by atoms with Crippen LogP contribution in [0.15, 0.2) is 0 Å². The zero-order valence-electron chi connectivity index (χ0n) is 30.4. The number of carbonyl (C=O) groups excluding carboxylic acids is 2. The van der Waals surface area contributed by atoms with Crippen LogP contribution in [0, 0.1) is 0 Å². The first-order chi connectivity index (χ1) is 24.8. The number of carboxylic acid groups (broad SMARTS) is 1. The predicted octanol–water partition coefficient (Wildman–Crippen LogP) is 0.427. The normalized spacial score (nSPS) is 30.4. The van der Waals surface area contributed by atoms with Gasteiger partial charge in [-0.1, -0.05) is 71.1 Å². The van der Waals surface area contributed by atoms with Crippen LogP contribution in [-0.4, -0.2) is 152 Å². The molecule has 0 spiro atoms. The number of hydrogen-bond acceptors (Lipinski definition) is 16. The second-order valence-corrected chi connectivity index (χ2v) is 13.7. The minimum atomic E-state index is -1.83. The van der Waals surface area contributed by atoms with Crippen LogP contribution < -0.4 is 0 Å². The summed E-state index contributed by atoms with van der Waals surface area (Å²) in [6, 6.07) is 0. The van der Waals surface area contributed by atoms with Crippen LogP contribution in [-0.2, 0) is 42.8 Å². The van der Waals surface area contributed by atoms with Gasteiger partial charge in [0, 0.05) is 13.3 Å². The number of unbranched alkanes of at least 4 members (excludes halogenated alkanes) is 9. The molecule has 2 fully saturated rings. The Kier molecular flexibility index (Phi) is 22.3. The summed E-state index contributed by atoms with van der Waals surface area (Å²) in [5.41, 5.74) is 0. The van der Waals surface area contributed by atoms with Gasteiger partial charge in [-0.25, -0.2) is 0 Å². The van der Waals surface area contributed by atoms with E-state index in [9.17, 15) is 50.1 Å². The van der Waals surface area contributed by atoms with Crippen molar-refractivity contribution in [3.05, 3.63) is 0 Å². The SMILES string of the molecule is CCCC(O)CC(=O)O[C@H]1[C@H](O[C@H]2[C@H](O)[C@@H](O)[C@H](OCC(O)CCCCCCCCCCCCC(=O)O)O[C@@H]2COC(C)=O)O[C@H](CO)[C@@H](O)[C@@H]1O. The monoisotopic (exact) mass is 754 g/mol. The number of aliphatic hydroxyl groups is 7. The molecule has 0 amide bonds. The standard InChI is InChI=1S/C35H62O17/c1-3-14-22(38)17-27(42)51-33-29(44)28(43)24(18-36)49-35(33)52-32-25(20-47-21(2)37)50-34(31(46)30(32)45)48-19-23(39)15-12-10-8-6-4-5-7-9-11-13-16-26(40)41/h22-25,28-36,38-39,43-46H,3-20H2,1-2H3,(H,40,41)/t22?,23?,24-,25-,28-,29+,30-,31-,32-,33-,34-,35+/m1/s1. The fourth-order valence-electron chi connectivity index (χ4n) is 6.18. The number of rotatable bonds is 26. The Hall–Kier alpha value is -2.03. The molecular formula is C35H62O17. The van der Waals surface area contributed by atoms with Crippen molar-refractivity contribution in [3.63, 3.8) is 0 Å². The lowest BCUT2D eigenvalue weighted by molar-refractivity contribution is -0.361. The predicted molar refractivity (Wildman–Crippen MR) is 180 cm³/mol. The Morgan fingerprint density at radius 1 is 0.712 bits per heavy atom. The van der Waals surface area contributed by atoms with Gasteiger partial charge in [0.2, 0.25) is 0 Å². The van der Waals surface area contributed by atoms with Crippen molar-refractivity contribution < 1.29 is 83.7 Å². The molecule has 8 N–H and O–H groups in total. The topological polar surface area (TPSA) is 268 Å². The van der Waals surface area contributed by atoms with Crippen LogP contribution in [0.2, 0.25) is 0 Å². The molecule has 52 heavy (non-hydrogen) atoms. The van der Waals surface area contributed by atoms with Gasteiger partial charge in [-0.2, -0.15) is 0 Å². The van der Waals surface area contributed by atoms with E-state index in [0.717, 1.165) is 64.7 Å². The Morgan fingerprint density at radius 3 is 1.87 bits per heavy atom. The van der Waals surface area contributed by atoms with E-state index in [-0.39, 0.29) is 13.0 Å². The third kappa shape index (κ3) is 16.5. The highest BCUT2D eigenvalue weighted by molar-refractivity contribution is 5.70. The first-order valence-electron chi connectivity index (χ1n) is 18.6. The quantitative estimate of drug-likeness (QED) is 0.0439. The molecular weight excluding hydrogens is 692 g/mol. The van der Waals surface area contributed by atoms with Crippen molar-refractivity contribution >= 4 is 17.9 Å². The molecule has 0 bridgehead atoms. The molecule has 304 valence electrons. The lowest BCUT2D eigenvalue weighted by Gasteiger charge is -2.46. The third-order valence-corrected chi connectivity index (χ3v) is 9.13. The summed E-state index contributed by atoms with van der Waals surface area (Å²) < 4.78 is 33.3. The molecule has 17 nitrogen and oxygen atoms in total. The molecule has 2 aliphatic rings. The van der Waals surface area contributed by atoms with Crippen LogP contribution in [0.3, 0.4) is 0 Å². The van der Waals surface area contributed by atoms with Gasteiger partial charge in [0.05, 0.1) is 31.8 Å². The first-order valence-corrected chi connectivity index (χ1v) is 18.6. The maximum absolute atomic E-state index is 12.6. The number of aliphatic hydroxyl groups excluding tert-OH is 7. The average molecular weight is 755 g/mol. The van der Waals surface area contributed by atoms with Gasteiger partial charge in [0.15, 0.2) is 18.7 Å². The van der Waals surface area contributed by atoms with E-state index in [0.29, 0.717) is 25.7 Å². The van der Waals surface area contributed by atoms with Crippen LogP contribution >= 0.6 is 0 Å². The van der Waals surface area contributed by atoms with Crippen LogP contribution in [0.5, 0.6) is 0 Å². The molecule has 17 heteroatoms.